The Kier molecular flexibility index (Phi) is 4.09. The number of alkyl halides is 6. The maximum atomic E-state index is 13.0. The van der Waals surface area contributed by atoms with Gasteiger partial charge in [-0.2, -0.15) is 26.3 Å². The zero-order valence-electron chi connectivity index (χ0n) is 12.4. The van der Waals surface area contributed by atoms with E-state index in [9.17, 15) is 26.3 Å². The second kappa shape index (κ2) is 5.98. The van der Waals surface area contributed by atoms with Crippen LogP contribution in [0.25, 0.3) is 22.4 Å². The van der Waals surface area contributed by atoms with Gasteiger partial charge in [-0.05, 0) is 24.3 Å². The fourth-order valence-electron chi connectivity index (χ4n) is 2.27. The van der Waals surface area contributed by atoms with E-state index in [1.807, 2.05) is 0 Å². The fourth-order valence-corrected chi connectivity index (χ4v) is 2.27. The normalized spacial score (nSPS) is 12.6. The van der Waals surface area contributed by atoms with Gasteiger partial charge in [0, 0.05) is 5.56 Å². The number of hydrogen-bond donors (Lipinski definition) is 1. The molecule has 0 saturated heterocycles. The quantitative estimate of drug-likeness (QED) is 0.653. The van der Waals surface area contributed by atoms with Crippen LogP contribution in [0.1, 0.15) is 5.56 Å². The number of hydrogen-bond acceptors (Lipinski definition) is 2. The van der Waals surface area contributed by atoms with Crippen molar-refractivity contribution in [3.8, 4) is 17.1 Å². The lowest BCUT2D eigenvalue weighted by Crippen LogP contribution is -2.21. The van der Waals surface area contributed by atoms with Crippen LogP contribution in [0.3, 0.4) is 0 Å². The van der Waals surface area contributed by atoms with Gasteiger partial charge in [0.15, 0.2) is 6.61 Å². The Labute approximate surface area is 137 Å². The van der Waals surface area contributed by atoms with E-state index >= 15 is 0 Å². The first kappa shape index (κ1) is 17.1. The lowest BCUT2D eigenvalue weighted by Gasteiger charge is -2.16. The van der Waals surface area contributed by atoms with E-state index < -0.39 is 30.3 Å². The average Bonchev–Trinajstić information content (AvgIpc) is 2.95. The maximum absolute atomic E-state index is 13.0. The first-order valence-corrected chi connectivity index (χ1v) is 6.99. The molecule has 9 heteroatoms. The predicted octanol–water partition coefficient (Wildman–Crippen LogP) is 5.19. The summed E-state index contributed by atoms with van der Waals surface area (Å²) in [6.45, 7) is -1.82. The largest absolute Gasteiger partial charge is 0.483 e. The molecule has 3 aromatic rings. The minimum absolute atomic E-state index is 0.182. The summed E-state index contributed by atoms with van der Waals surface area (Å²) in [6.07, 6.45) is -9.59. The Morgan fingerprint density at radius 3 is 2.32 bits per heavy atom. The molecule has 1 heterocycles. The maximum Gasteiger partial charge on any atom is 0.422 e. The van der Waals surface area contributed by atoms with Gasteiger partial charge >= 0.3 is 12.4 Å². The molecule has 0 atom stereocenters. The van der Waals surface area contributed by atoms with Crippen LogP contribution in [-0.2, 0) is 6.18 Å². The molecular weight excluding hydrogens is 350 g/mol. The van der Waals surface area contributed by atoms with Gasteiger partial charge < -0.3 is 9.72 Å². The van der Waals surface area contributed by atoms with Crippen molar-refractivity contribution in [2.75, 3.05) is 6.61 Å². The molecule has 0 saturated carbocycles. The molecule has 3 rings (SSSR count). The summed E-state index contributed by atoms with van der Waals surface area (Å²) in [5.41, 5.74) is 0.128. The fraction of sp³-hybridized carbons (Fsp3) is 0.188. The number of aromatic amines is 1. The van der Waals surface area contributed by atoms with Crippen LogP contribution in [0, 0.1) is 0 Å². The Hall–Kier alpha value is -2.71. The predicted molar refractivity (Wildman–Crippen MR) is 78.1 cm³/mol. The summed E-state index contributed by atoms with van der Waals surface area (Å²) in [7, 11) is 0. The van der Waals surface area contributed by atoms with Crippen LogP contribution in [0.5, 0.6) is 5.75 Å². The summed E-state index contributed by atoms with van der Waals surface area (Å²) < 4.78 is 80.3. The topological polar surface area (TPSA) is 37.9 Å². The molecule has 0 radical (unpaired) electrons. The molecule has 1 N–H and O–H groups in total. The summed E-state index contributed by atoms with van der Waals surface area (Å²) in [5.74, 6) is -0.672. The second-order valence-electron chi connectivity index (χ2n) is 5.22. The highest BCUT2D eigenvalue weighted by molar-refractivity contribution is 5.79. The van der Waals surface area contributed by atoms with E-state index in [0.29, 0.717) is 17.1 Å². The van der Waals surface area contributed by atoms with Crippen LogP contribution >= 0.6 is 0 Å². The second-order valence-corrected chi connectivity index (χ2v) is 5.22. The van der Waals surface area contributed by atoms with Crippen LogP contribution < -0.4 is 4.74 Å². The van der Waals surface area contributed by atoms with Crippen LogP contribution in [0.2, 0.25) is 0 Å². The number of nitrogens with one attached hydrogen (secondary N) is 1. The highest BCUT2D eigenvalue weighted by Crippen LogP contribution is 2.39. The van der Waals surface area contributed by atoms with Crippen molar-refractivity contribution in [1.29, 1.82) is 0 Å². The third kappa shape index (κ3) is 3.86. The van der Waals surface area contributed by atoms with Gasteiger partial charge in [-0.3, -0.25) is 0 Å². The number of imidazole rings is 1. The summed E-state index contributed by atoms with van der Waals surface area (Å²) >= 11 is 0. The number of benzene rings is 2. The van der Waals surface area contributed by atoms with Gasteiger partial charge in [-0.25, -0.2) is 4.98 Å². The number of rotatable bonds is 3. The molecule has 0 fully saturated rings. The number of aromatic nitrogens is 2. The zero-order chi connectivity index (χ0) is 18.2. The molecule has 1 aromatic heterocycles. The third-order valence-corrected chi connectivity index (χ3v) is 3.34. The van der Waals surface area contributed by atoms with E-state index in [2.05, 4.69) is 14.7 Å². The van der Waals surface area contributed by atoms with Crippen LogP contribution in [0.4, 0.5) is 26.3 Å². The Balaban J connectivity index is 2.03. The molecule has 2 aromatic carbocycles. The molecule has 0 amide bonds. The van der Waals surface area contributed by atoms with Gasteiger partial charge in [0.2, 0.25) is 0 Å². The third-order valence-electron chi connectivity index (χ3n) is 3.34. The van der Waals surface area contributed by atoms with Crippen molar-refractivity contribution in [2.24, 2.45) is 0 Å². The van der Waals surface area contributed by atoms with Gasteiger partial charge in [-0.15, -0.1) is 0 Å². The molecule has 25 heavy (non-hydrogen) atoms. The highest BCUT2D eigenvalue weighted by atomic mass is 19.4. The molecule has 0 bridgehead atoms. The molecular formula is C16H10F6N2O. The van der Waals surface area contributed by atoms with E-state index in [4.69, 9.17) is 0 Å². The smallest absolute Gasteiger partial charge is 0.422 e. The van der Waals surface area contributed by atoms with E-state index in [0.717, 1.165) is 12.1 Å². The zero-order valence-corrected chi connectivity index (χ0v) is 12.4. The number of halogens is 6. The highest BCUT2D eigenvalue weighted by Gasteiger charge is 2.36. The lowest BCUT2D eigenvalue weighted by molar-refractivity contribution is -0.158. The first-order valence-electron chi connectivity index (χ1n) is 6.99. The number of fused-ring (bicyclic) bond motifs is 1. The molecule has 0 spiro atoms. The average molecular weight is 360 g/mol. The monoisotopic (exact) mass is 360 g/mol. The van der Waals surface area contributed by atoms with Gasteiger partial charge in [0.1, 0.15) is 11.6 Å². The Morgan fingerprint density at radius 1 is 0.960 bits per heavy atom. The summed E-state index contributed by atoms with van der Waals surface area (Å²) in [6, 6.07) is 9.59. The number of nitrogens with zero attached hydrogens (tertiary/aromatic N) is 1. The molecule has 132 valence electrons. The van der Waals surface area contributed by atoms with E-state index in [1.54, 1.807) is 24.3 Å². The molecule has 3 nitrogen and oxygen atoms in total. The number of para-hydroxylation sites is 2. The van der Waals surface area contributed by atoms with Crippen molar-refractivity contribution in [2.45, 2.75) is 12.4 Å². The van der Waals surface area contributed by atoms with Gasteiger partial charge in [0.25, 0.3) is 0 Å². The SMILES string of the molecule is FC(F)(F)COc1cc(-c2nc3ccccc3[nH]2)ccc1C(F)(F)F. The lowest BCUT2D eigenvalue weighted by atomic mass is 10.1. The number of H-pyrrole nitrogens is 1. The minimum atomic E-state index is -4.84. The van der Waals surface area contributed by atoms with Crippen LogP contribution in [-0.4, -0.2) is 22.8 Å². The Bertz CT molecular complexity index is 865. The summed E-state index contributed by atoms with van der Waals surface area (Å²) in [5, 5.41) is 0. The van der Waals surface area contributed by atoms with Crippen molar-refractivity contribution in [1.82, 2.24) is 9.97 Å². The van der Waals surface area contributed by atoms with Gasteiger partial charge in [0.05, 0.1) is 16.6 Å². The van der Waals surface area contributed by atoms with Crippen molar-refractivity contribution < 1.29 is 31.1 Å². The number of ether oxygens (including phenoxy) is 1. The van der Waals surface area contributed by atoms with Crippen molar-refractivity contribution in [3.63, 3.8) is 0 Å². The van der Waals surface area contributed by atoms with E-state index in [-0.39, 0.29) is 11.4 Å². The Morgan fingerprint density at radius 2 is 1.68 bits per heavy atom. The van der Waals surface area contributed by atoms with Crippen molar-refractivity contribution in [3.05, 3.63) is 48.0 Å². The first-order chi connectivity index (χ1) is 11.6. The molecule has 0 aliphatic heterocycles. The van der Waals surface area contributed by atoms with Crippen molar-refractivity contribution >= 4 is 11.0 Å². The minimum Gasteiger partial charge on any atom is -0.483 e. The summed E-state index contributed by atoms with van der Waals surface area (Å²) in [4.78, 5) is 7.11. The molecule has 0 aliphatic carbocycles. The van der Waals surface area contributed by atoms with Crippen LogP contribution in [0.15, 0.2) is 42.5 Å². The van der Waals surface area contributed by atoms with E-state index in [1.165, 1.54) is 0 Å². The van der Waals surface area contributed by atoms with Gasteiger partial charge in [-0.1, -0.05) is 18.2 Å². The standard InChI is InChI=1S/C16H10F6N2O/c17-15(18,19)8-25-13-7-9(5-6-10(13)16(20,21)22)14-23-11-3-1-2-4-12(11)24-14/h1-7H,8H2,(H,23,24). The molecule has 0 aliphatic rings. The molecule has 0 unspecified atom stereocenters.